The van der Waals surface area contributed by atoms with E-state index < -0.39 is 0 Å². The van der Waals surface area contributed by atoms with Crippen LogP contribution in [0.25, 0.3) is 0 Å². The van der Waals surface area contributed by atoms with Gasteiger partial charge in [0.2, 0.25) is 0 Å². The van der Waals surface area contributed by atoms with E-state index in [4.69, 9.17) is 0 Å². The fourth-order valence-electron chi connectivity index (χ4n) is 3.58. The first-order valence-corrected chi connectivity index (χ1v) is 8.18. The van der Waals surface area contributed by atoms with Crippen molar-refractivity contribution in [2.24, 2.45) is 5.92 Å². The van der Waals surface area contributed by atoms with E-state index >= 15 is 0 Å². The minimum atomic E-state index is -0.0270. The summed E-state index contributed by atoms with van der Waals surface area (Å²) in [6.45, 7) is 3.30. The quantitative estimate of drug-likeness (QED) is 0.881. The zero-order valence-electron chi connectivity index (χ0n) is 12.5. The van der Waals surface area contributed by atoms with E-state index in [0.29, 0.717) is 6.04 Å². The topological polar surface area (TPSA) is 32.3 Å². The Morgan fingerprint density at radius 2 is 1.70 bits per heavy atom. The summed E-state index contributed by atoms with van der Waals surface area (Å²) in [4.78, 5) is 0. The maximum absolute atomic E-state index is 9.52. The van der Waals surface area contributed by atoms with E-state index in [2.05, 4.69) is 36.5 Å². The molecule has 0 heterocycles. The van der Waals surface area contributed by atoms with E-state index in [9.17, 15) is 5.11 Å². The van der Waals surface area contributed by atoms with Crippen molar-refractivity contribution in [2.45, 2.75) is 63.5 Å². The van der Waals surface area contributed by atoms with Crippen molar-refractivity contribution in [3.8, 4) is 0 Å². The molecule has 0 unspecified atom stereocenters. The minimum absolute atomic E-state index is 0.0270. The van der Waals surface area contributed by atoms with Gasteiger partial charge >= 0.3 is 0 Å². The lowest BCUT2D eigenvalue weighted by atomic mass is 9.75. The third kappa shape index (κ3) is 3.42. The van der Waals surface area contributed by atoms with Gasteiger partial charge in [-0.15, -0.1) is 0 Å². The zero-order valence-corrected chi connectivity index (χ0v) is 12.5. The first-order chi connectivity index (χ1) is 9.70. The highest BCUT2D eigenvalue weighted by molar-refractivity contribution is 5.26. The summed E-state index contributed by atoms with van der Waals surface area (Å²) in [5.74, 6) is 1.55. The molecule has 0 amide bonds. The third-order valence-corrected chi connectivity index (χ3v) is 5.20. The lowest BCUT2D eigenvalue weighted by molar-refractivity contribution is 0.106. The fraction of sp³-hybridized carbons (Fsp3) is 0.667. The van der Waals surface area contributed by atoms with Gasteiger partial charge in [0.1, 0.15) is 0 Å². The van der Waals surface area contributed by atoms with Crippen LogP contribution in [0.4, 0.5) is 0 Å². The monoisotopic (exact) mass is 273 g/mol. The number of benzene rings is 1. The van der Waals surface area contributed by atoms with Crippen molar-refractivity contribution in [1.29, 1.82) is 0 Å². The Bertz CT molecular complexity index is 414. The van der Waals surface area contributed by atoms with Crippen LogP contribution in [0.2, 0.25) is 0 Å². The first kappa shape index (κ1) is 14.1. The van der Waals surface area contributed by atoms with Crippen LogP contribution < -0.4 is 5.32 Å². The molecule has 0 aromatic heterocycles. The van der Waals surface area contributed by atoms with Crippen LogP contribution >= 0.6 is 0 Å². The number of nitrogens with one attached hydrogen (secondary N) is 1. The molecule has 2 aliphatic carbocycles. The molecule has 1 aromatic carbocycles. The fourth-order valence-corrected chi connectivity index (χ4v) is 3.58. The third-order valence-electron chi connectivity index (χ3n) is 5.20. The van der Waals surface area contributed by atoms with Gasteiger partial charge in [-0.2, -0.15) is 0 Å². The smallest absolute Gasteiger partial charge is 0.0540 e. The maximum Gasteiger partial charge on any atom is 0.0540 e. The molecule has 2 N–H and O–H groups in total. The Morgan fingerprint density at radius 3 is 2.35 bits per heavy atom. The van der Waals surface area contributed by atoms with Crippen LogP contribution in [0.15, 0.2) is 24.3 Å². The van der Waals surface area contributed by atoms with Crippen LogP contribution in [0, 0.1) is 12.8 Å². The predicted molar refractivity (Wildman–Crippen MR) is 82.9 cm³/mol. The molecular formula is C18H27NO. The molecule has 0 radical (unpaired) electrons. The highest BCUT2D eigenvalue weighted by Gasteiger charge is 2.30. The molecular weight excluding hydrogens is 246 g/mol. The SMILES string of the molecule is Cc1ccc(C2CC(NCC3CCC(O)CC3)C2)cc1. The summed E-state index contributed by atoms with van der Waals surface area (Å²) in [6, 6.07) is 9.75. The number of aliphatic hydroxyl groups is 1. The Hall–Kier alpha value is -0.860. The van der Waals surface area contributed by atoms with Gasteiger partial charge in [0.15, 0.2) is 0 Å². The molecule has 0 bridgehead atoms. The highest BCUT2D eigenvalue weighted by Crippen LogP contribution is 2.37. The van der Waals surface area contributed by atoms with Crippen LogP contribution in [-0.2, 0) is 0 Å². The van der Waals surface area contributed by atoms with E-state index in [0.717, 1.165) is 31.2 Å². The molecule has 2 heteroatoms. The molecule has 2 nitrogen and oxygen atoms in total. The molecule has 2 saturated carbocycles. The Labute approximate surface area is 122 Å². The second kappa shape index (κ2) is 6.28. The molecule has 1 aromatic rings. The predicted octanol–water partition coefficient (Wildman–Crippen LogP) is 3.38. The molecule has 0 aliphatic heterocycles. The van der Waals surface area contributed by atoms with Gasteiger partial charge in [0.05, 0.1) is 6.10 Å². The van der Waals surface area contributed by atoms with Gasteiger partial charge in [0.25, 0.3) is 0 Å². The normalized spacial score (nSPS) is 33.7. The number of hydrogen-bond acceptors (Lipinski definition) is 2. The van der Waals surface area contributed by atoms with Crippen molar-refractivity contribution in [1.82, 2.24) is 5.32 Å². The number of hydrogen-bond donors (Lipinski definition) is 2. The second-order valence-corrected chi connectivity index (χ2v) is 6.86. The van der Waals surface area contributed by atoms with E-state index in [-0.39, 0.29) is 6.10 Å². The van der Waals surface area contributed by atoms with Gasteiger partial charge in [0, 0.05) is 6.04 Å². The van der Waals surface area contributed by atoms with Crippen LogP contribution in [0.3, 0.4) is 0 Å². The number of aliphatic hydroxyl groups excluding tert-OH is 1. The number of aryl methyl sites for hydroxylation is 1. The summed E-state index contributed by atoms with van der Waals surface area (Å²) >= 11 is 0. The van der Waals surface area contributed by atoms with Gasteiger partial charge in [-0.1, -0.05) is 29.8 Å². The Morgan fingerprint density at radius 1 is 1.05 bits per heavy atom. The summed E-state index contributed by atoms with van der Waals surface area (Å²) in [5, 5.41) is 13.3. The second-order valence-electron chi connectivity index (χ2n) is 6.86. The molecule has 0 saturated heterocycles. The van der Waals surface area contributed by atoms with E-state index in [1.54, 1.807) is 0 Å². The van der Waals surface area contributed by atoms with Gasteiger partial charge < -0.3 is 10.4 Å². The summed E-state index contributed by atoms with van der Waals surface area (Å²) in [5.41, 5.74) is 2.86. The summed E-state index contributed by atoms with van der Waals surface area (Å²) < 4.78 is 0. The van der Waals surface area contributed by atoms with Crippen LogP contribution in [0.1, 0.15) is 55.6 Å². The number of rotatable bonds is 4. The van der Waals surface area contributed by atoms with Crippen molar-refractivity contribution >= 4 is 0 Å². The van der Waals surface area contributed by atoms with E-state index in [1.165, 1.54) is 36.8 Å². The first-order valence-electron chi connectivity index (χ1n) is 8.18. The lowest BCUT2D eigenvalue weighted by Crippen LogP contribution is -2.42. The molecule has 2 aliphatic rings. The minimum Gasteiger partial charge on any atom is -0.393 e. The highest BCUT2D eigenvalue weighted by atomic mass is 16.3. The average molecular weight is 273 g/mol. The van der Waals surface area contributed by atoms with Gasteiger partial charge in [-0.05, 0) is 69.4 Å². The molecule has 3 rings (SSSR count). The van der Waals surface area contributed by atoms with Gasteiger partial charge in [-0.25, -0.2) is 0 Å². The van der Waals surface area contributed by atoms with Gasteiger partial charge in [-0.3, -0.25) is 0 Å². The van der Waals surface area contributed by atoms with Crippen LogP contribution in [0.5, 0.6) is 0 Å². The average Bonchev–Trinajstić information content (AvgIpc) is 2.41. The molecule has 0 spiro atoms. The standard InChI is InChI=1S/C18H27NO/c1-13-2-6-15(7-3-13)16-10-17(11-16)19-12-14-4-8-18(20)9-5-14/h2-3,6-7,14,16-20H,4-5,8-12H2,1H3. The van der Waals surface area contributed by atoms with Crippen molar-refractivity contribution < 1.29 is 5.11 Å². The Balaban J connectivity index is 1.37. The zero-order chi connectivity index (χ0) is 13.9. The van der Waals surface area contributed by atoms with Crippen molar-refractivity contribution in [2.75, 3.05) is 6.54 Å². The maximum atomic E-state index is 9.52. The lowest BCUT2D eigenvalue weighted by Gasteiger charge is -2.38. The van der Waals surface area contributed by atoms with Crippen LogP contribution in [-0.4, -0.2) is 23.8 Å². The van der Waals surface area contributed by atoms with Crippen molar-refractivity contribution in [3.05, 3.63) is 35.4 Å². The molecule has 0 atom stereocenters. The molecule has 20 heavy (non-hydrogen) atoms. The van der Waals surface area contributed by atoms with Crippen molar-refractivity contribution in [3.63, 3.8) is 0 Å². The Kier molecular flexibility index (Phi) is 4.42. The van der Waals surface area contributed by atoms with E-state index in [1.807, 2.05) is 0 Å². The summed E-state index contributed by atoms with van der Waals surface area (Å²) in [6.07, 6.45) is 6.95. The largest absolute Gasteiger partial charge is 0.393 e. The molecule has 110 valence electrons. The summed E-state index contributed by atoms with van der Waals surface area (Å²) in [7, 11) is 0. The molecule has 2 fully saturated rings.